The van der Waals surface area contributed by atoms with Gasteiger partial charge in [0.05, 0.1) is 5.56 Å². The molecule has 0 saturated heterocycles. The van der Waals surface area contributed by atoms with E-state index >= 15 is 0 Å². The van der Waals surface area contributed by atoms with Gasteiger partial charge in [0, 0.05) is 0 Å². The zero-order valence-electron chi connectivity index (χ0n) is 7.47. The first-order valence-electron chi connectivity index (χ1n) is 3.94. The highest BCUT2D eigenvalue weighted by molar-refractivity contribution is 5.74. The molecule has 0 unspecified atom stereocenters. The Labute approximate surface area is 83.6 Å². The van der Waals surface area contributed by atoms with E-state index in [9.17, 15) is 18.0 Å². The molecule has 1 aromatic carbocycles. The Morgan fingerprint density at radius 3 is 2.20 bits per heavy atom. The van der Waals surface area contributed by atoms with Crippen LogP contribution >= 0.6 is 0 Å². The van der Waals surface area contributed by atoms with E-state index in [1.54, 1.807) is 0 Å². The van der Waals surface area contributed by atoms with Crippen molar-refractivity contribution in [1.82, 2.24) is 5.73 Å². The number of nitrogens with one attached hydrogen (secondary N) is 1. The summed E-state index contributed by atoms with van der Waals surface area (Å²) in [6.45, 7) is -0.467. The average Bonchev–Trinajstić information content (AvgIpc) is 2.14. The van der Waals surface area contributed by atoms with Crippen molar-refractivity contribution < 1.29 is 22.7 Å². The summed E-state index contributed by atoms with van der Waals surface area (Å²) in [7, 11) is 0. The van der Waals surface area contributed by atoms with Crippen molar-refractivity contribution in [2.24, 2.45) is 0 Å². The molecule has 3 nitrogen and oxygen atoms in total. The number of hydrogen-bond donors (Lipinski definition) is 0. The predicted molar refractivity (Wildman–Crippen MR) is 45.0 cm³/mol. The zero-order valence-corrected chi connectivity index (χ0v) is 7.47. The van der Waals surface area contributed by atoms with Gasteiger partial charge in [0.15, 0.2) is 6.61 Å². The molecule has 0 atom stereocenters. The lowest BCUT2D eigenvalue weighted by Crippen LogP contribution is -2.11. The first-order chi connectivity index (χ1) is 6.89. The third kappa shape index (κ3) is 3.49. The standard InChI is InChI=1S/C9H7F3NO2/c10-9(11,12)6-1-3-7(4-2-6)15-5-8(13)14/h1-4,13H,5H2. The number of ether oxygens (including phenoxy) is 1. The number of hydrogen-bond acceptors (Lipinski definition) is 2. The molecule has 0 aromatic heterocycles. The molecule has 1 radical (unpaired) electrons. The molecule has 1 amide bonds. The molecular weight excluding hydrogens is 211 g/mol. The minimum Gasteiger partial charge on any atom is -0.484 e. The van der Waals surface area contributed by atoms with E-state index in [1.807, 2.05) is 0 Å². The summed E-state index contributed by atoms with van der Waals surface area (Å²) >= 11 is 0. The summed E-state index contributed by atoms with van der Waals surface area (Å²) in [6.07, 6.45) is -4.39. The number of carbonyl (C=O) groups excluding carboxylic acids is 1. The monoisotopic (exact) mass is 218 g/mol. The van der Waals surface area contributed by atoms with E-state index in [-0.39, 0.29) is 5.75 Å². The molecule has 0 aliphatic heterocycles. The molecule has 6 heteroatoms. The molecule has 15 heavy (non-hydrogen) atoms. The van der Waals surface area contributed by atoms with Gasteiger partial charge in [-0.15, -0.1) is 0 Å². The molecule has 0 heterocycles. The van der Waals surface area contributed by atoms with Crippen LogP contribution in [0.3, 0.4) is 0 Å². The highest BCUT2D eigenvalue weighted by Gasteiger charge is 2.29. The Kier molecular flexibility index (Phi) is 3.18. The van der Waals surface area contributed by atoms with E-state index in [4.69, 9.17) is 10.5 Å². The zero-order chi connectivity index (χ0) is 11.5. The van der Waals surface area contributed by atoms with Gasteiger partial charge in [-0.3, -0.25) is 10.5 Å². The number of alkyl halides is 3. The second-order valence-electron chi connectivity index (χ2n) is 2.73. The molecule has 1 N–H and O–H groups in total. The number of benzene rings is 1. The van der Waals surface area contributed by atoms with Gasteiger partial charge in [-0.1, -0.05) is 0 Å². The molecule has 1 rings (SSSR count). The maximum atomic E-state index is 12.1. The molecule has 81 valence electrons. The van der Waals surface area contributed by atoms with Crippen LogP contribution in [0.25, 0.3) is 0 Å². The number of carbonyl (C=O) groups is 1. The van der Waals surface area contributed by atoms with E-state index in [1.165, 1.54) is 0 Å². The molecule has 0 bridgehead atoms. The van der Waals surface area contributed by atoms with Crippen molar-refractivity contribution in [1.29, 1.82) is 0 Å². The fraction of sp³-hybridized carbons (Fsp3) is 0.222. The van der Waals surface area contributed by atoms with Gasteiger partial charge in [0.25, 0.3) is 5.91 Å². The van der Waals surface area contributed by atoms with Crippen molar-refractivity contribution in [3.63, 3.8) is 0 Å². The van der Waals surface area contributed by atoms with Crippen LogP contribution in [0.15, 0.2) is 24.3 Å². The molecular formula is C9H7F3NO2. The van der Waals surface area contributed by atoms with Gasteiger partial charge in [0.1, 0.15) is 5.75 Å². The molecule has 0 aliphatic carbocycles. The maximum Gasteiger partial charge on any atom is 0.416 e. The Morgan fingerprint density at radius 2 is 1.80 bits per heavy atom. The number of rotatable bonds is 3. The predicted octanol–water partition coefficient (Wildman–Crippen LogP) is 1.89. The third-order valence-electron chi connectivity index (χ3n) is 1.55. The smallest absolute Gasteiger partial charge is 0.416 e. The van der Waals surface area contributed by atoms with Crippen LogP contribution in [0, 0.1) is 0 Å². The lowest BCUT2D eigenvalue weighted by atomic mass is 10.2. The first-order valence-corrected chi connectivity index (χ1v) is 3.94. The van der Waals surface area contributed by atoms with E-state index in [0.29, 0.717) is 0 Å². The molecule has 0 aliphatic rings. The van der Waals surface area contributed by atoms with Gasteiger partial charge < -0.3 is 4.74 Å². The van der Waals surface area contributed by atoms with Crippen molar-refractivity contribution in [2.75, 3.05) is 6.61 Å². The molecule has 0 fully saturated rings. The molecule has 0 saturated carbocycles. The van der Waals surface area contributed by atoms with Gasteiger partial charge >= 0.3 is 6.18 Å². The average molecular weight is 218 g/mol. The van der Waals surface area contributed by atoms with E-state index in [2.05, 4.69) is 0 Å². The van der Waals surface area contributed by atoms with Gasteiger partial charge in [0.2, 0.25) is 0 Å². The first kappa shape index (κ1) is 11.4. The summed E-state index contributed by atoms with van der Waals surface area (Å²) in [5, 5.41) is 0. The number of amides is 1. The minimum atomic E-state index is -4.39. The van der Waals surface area contributed by atoms with E-state index in [0.717, 1.165) is 24.3 Å². The molecule has 0 spiro atoms. The van der Waals surface area contributed by atoms with Crippen LogP contribution in [0.5, 0.6) is 5.75 Å². The normalized spacial score (nSPS) is 11.1. The van der Waals surface area contributed by atoms with Crippen LogP contribution in [-0.4, -0.2) is 12.5 Å². The van der Waals surface area contributed by atoms with E-state index < -0.39 is 24.3 Å². The summed E-state index contributed by atoms with van der Waals surface area (Å²) in [6, 6.07) is 3.91. The van der Waals surface area contributed by atoms with Crippen molar-refractivity contribution >= 4 is 5.91 Å². The van der Waals surface area contributed by atoms with Crippen molar-refractivity contribution in [2.45, 2.75) is 6.18 Å². The van der Waals surface area contributed by atoms with Gasteiger partial charge in [-0.25, -0.2) is 0 Å². The fourth-order valence-corrected chi connectivity index (χ4v) is 0.889. The van der Waals surface area contributed by atoms with Crippen LogP contribution in [0.1, 0.15) is 5.56 Å². The summed E-state index contributed by atoms with van der Waals surface area (Å²) in [5.74, 6) is -0.807. The summed E-state index contributed by atoms with van der Waals surface area (Å²) in [5.41, 5.74) is 5.74. The van der Waals surface area contributed by atoms with Crippen LogP contribution in [0.4, 0.5) is 13.2 Å². The SMILES string of the molecule is [NH]C(=O)COc1ccc(C(F)(F)F)cc1. The number of halogens is 3. The second kappa shape index (κ2) is 4.20. The lowest BCUT2D eigenvalue weighted by Gasteiger charge is -2.07. The summed E-state index contributed by atoms with van der Waals surface area (Å²) < 4.78 is 41.1. The Hall–Kier alpha value is -1.72. The Morgan fingerprint density at radius 1 is 1.27 bits per heavy atom. The molecule has 1 aromatic rings. The van der Waals surface area contributed by atoms with Crippen molar-refractivity contribution in [3.05, 3.63) is 29.8 Å². The van der Waals surface area contributed by atoms with Crippen LogP contribution in [-0.2, 0) is 11.0 Å². The highest BCUT2D eigenvalue weighted by atomic mass is 19.4. The van der Waals surface area contributed by atoms with Gasteiger partial charge in [-0.05, 0) is 24.3 Å². The second-order valence-corrected chi connectivity index (χ2v) is 2.73. The minimum absolute atomic E-state index is 0.128. The largest absolute Gasteiger partial charge is 0.484 e. The highest BCUT2D eigenvalue weighted by Crippen LogP contribution is 2.30. The quantitative estimate of drug-likeness (QED) is 0.777. The Balaban J connectivity index is 2.69. The lowest BCUT2D eigenvalue weighted by molar-refractivity contribution is -0.137. The topological polar surface area (TPSA) is 50.1 Å². The fourth-order valence-electron chi connectivity index (χ4n) is 0.889. The van der Waals surface area contributed by atoms with Crippen LogP contribution in [0.2, 0.25) is 0 Å². The summed E-state index contributed by atoms with van der Waals surface area (Å²) in [4.78, 5) is 10.2. The third-order valence-corrected chi connectivity index (χ3v) is 1.55. The maximum absolute atomic E-state index is 12.1. The Bertz CT molecular complexity index is 345. The van der Waals surface area contributed by atoms with Gasteiger partial charge in [-0.2, -0.15) is 13.2 Å². The van der Waals surface area contributed by atoms with Crippen LogP contribution < -0.4 is 10.5 Å². The van der Waals surface area contributed by atoms with Crippen molar-refractivity contribution in [3.8, 4) is 5.75 Å².